The Balaban J connectivity index is 1.58. The standard InChI is InChI=1S/C21H22ClNO3/c22-17-6-2-1-5-15(17)14-23-20(24)21(9-3-4-10-21)16-7-8-18-19(13-16)26-12-11-25-18/h1-2,5-8,13H,3-4,9-12,14H2,(H,23,24). The third kappa shape index (κ3) is 3.14. The molecule has 136 valence electrons. The number of halogens is 1. The van der Waals surface area contributed by atoms with E-state index in [4.69, 9.17) is 21.1 Å². The zero-order valence-electron chi connectivity index (χ0n) is 14.6. The molecule has 5 heteroatoms. The van der Waals surface area contributed by atoms with Gasteiger partial charge in [-0.15, -0.1) is 0 Å². The minimum Gasteiger partial charge on any atom is -0.486 e. The minimum atomic E-state index is -0.503. The normalized spacial score (nSPS) is 17.7. The van der Waals surface area contributed by atoms with Crippen molar-refractivity contribution in [3.05, 3.63) is 58.6 Å². The summed E-state index contributed by atoms with van der Waals surface area (Å²) < 4.78 is 11.3. The number of hydrogen-bond acceptors (Lipinski definition) is 3. The summed E-state index contributed by atoms with van der Waals surface area (Å²) in [5.74, 6) is 1.55. The molecule has 0 radical (unpaired) electrons. The van der Waals surface area contributed by atoms with Crippen LogP contribution in [0.15, 0.2) is 42.5 Å². The van der Waals surface area contributed by atoms with Gasteiger partial charge in [-0.05, 0) is 42.2 Å². The number of carbonyl (C=O) groups excluding carboxylic acids is 1. The van der Waals surface area contributed by atoms with E-state index in [1.54, 1.807) is 0 Å². The number of rotatable bonds is 4. The summed E-state index contributed by atoms with van der Waals surface area (Å²) >= 11 is 6.22. The molecule has 4 nitrogen and oxygen atoms in total. The van der Waals surface area contributed by atoms with E-state index in [2.05, 4.69) is 5.32 Å². The lowest BCUT2D eigenvalue weighted by atomic mass is 9.77. The molecule has 26 heavy (non-hydrogen) atoms. The number of nitrogens with one attached hydrogen (secondary N) is 1. The van der Waals surface area contributed by atoms with Crippen LogP contribution in [0.4, 0.5) is 0 Å². The van der Waals surface area contributed by atoms with Crippen LogP contribution in [-0.2, 0) is 16.8 Å². The lowest BCUT2D eigenvalue weighted by molar-refractivity contribution is -0.126. The maximum absolute atomic E-state index is 13.2. The highest BCUT2D eigenvalue weighted by molar-refractivity contribution is 6.31. The van der Waals surface area contributed by atoms with E-state index >= 15 is 0 Å². The second-order valence-electron chi connectivity index (χ2n) is 6.92. The van der Waals surface area contributed by atoms with Crippen LogP contribution in [0, 0.1) is 0 Å². The Morgan fingerprint density at radius 3 is 2.54 bits per heavy atom. The molecular formula is C21H22ClNO3. The minimum absolute atomic E-state index is 0.0617. The van der Waals surface area contributed by atoms with Gasteiger partial charge < -0.3 is 14.8 Å². The Bertz CT molecular complexity index is 815. The summed E-state index contributed by atoms with van der Waals surface area (Å²) in [6, 6.07) is 13.5. The van der Waals surface area contributed by atoms with Crippen LogP contribution in [0.1, 0.15) is 36.8 Å². The molecule has 2 aliphatic rings. The van der Waals surface area contributed by atoms with Crippen molar-refractivity contribution >= 4 is 17.5 Å². The van der Waals surface area contributed by atoms with Gasteiger partial charge in [-0.25, -0.2) is 0 Å². The molecule has 0 unspecified atom stereocenters. The molecule has 1 N–H and O–H groups in total. The van der Waals surface area contributed by atoms with Crippen molar-refractivity contribution in [3.8, 4) is 11.5 Å². The lowest BCUT2D eigenvalue weighted by Crippen LogP contribution is -2.42. The molecule has 0 bridgehead atoms. The highest BCUT2D eigenvalue weighted by atomic mass is 35.5. The van der Waals surface area contributed by atoms with Gasteiger partial charge in [0.05, 0.1) is 5.41 Å². The molecule has 0 spiro atoms. The maximum atomic E-state index is 13.2. The second kappa shape index (κ2) is 7.20. The molecule has 0 aromatic heterocycles. The van der Waals surface area contributed by atoms with E-state index in [1.807, 2.05) is 42.5 Å². The smallest absolute Gasteiger partial charge is 0.230 e. The van der Waals surface area contributed by atoms with Crippen LogP contribution in [0.2, 0.25) is 5.02 Å². The predicted molar refractivity (Wildman–Crippen MR) is 101 cm³/mol. The van der Waals surface area contributed by atoms with Crippen LogP contribution in [0.5, 0.6) is 11.5 Å². The maximum Gasteiger partial charge on any atom is 0.230 e. The van der Waals surface area contributed by atoms with Gasteiger partial charge in [0.25, 0.3) is 0 Å². The molecule has 1 amide bonds. The van der Waals surface area contributed by atoms with Gasteiger partial charge >= 0.3 is 0 Å². The van der Waals surface area contributed by atoms with E-state index in [0.29, 0.717) is 24.8 Å². The largest absolute Gasteiger partial charge is 0.486 e. The number of ether oxygens (including phenoxy) is 2. The molecule has 2 aromatic rings. The third-order valence-electron chi connectivity index (χ3n) is 5.38. The van der Waals surface area contributed by atoms with Gasteiger partial charge in [-0.2, -0.15) is 0 Å². The molecule has 1 fully saturated rings. The number of hydrogen-bond donors (Lipinski definition) is 1. The Kier molecular flexibility index (Phi) is 4.77. The zero-order chi connectivity index (χ0) is 18.0. The molecule has 0 atom stereocenters. The average Bonchev–Trinajstić information content (AvgIpc) is 3.18. The van der Waals surface area contributed by atoms with Crippen LogP contribution >= 0.6 is 11.6 Å². The fourth-order valence-corrected chi connectivity index (χ4v) is 4.16. The van der Waals surface area contributed by atoms with Crippen molar-refractivity contribution in [2.75, 3.05) is 13.2 Å². The van der Waals surface area contributed by atoms with Crippen LogP contribution < -0.4 is 14.8 Å². The van der Waals surface area contributed by atoms with E-state index in [0.717, 1.165) is 48.3 Å². The summed E-state index contributed by atoms with van der Waals surface area (Å²) in [5.41, 5.74) is 1.44. The average molecular weight is 372 g/mol. The fraction of sp³-hybridized carbons (Fsp3) is 0.381. The van der Waals surface area contributed by atoms with Crippen molar-refractivity contribution in [3.63, 3.8) is 0 Å². The Morgan fingerprint density at radius 1 is 1.04 bits per heavy atom. The van der Waals surface area contributed by atoms with Crippen LogP contribution in [-0.4, -0.2) is 19.1 Å². The van der Waals surface area contributed by atoms with E-state index in [-0.39, 0.29) is 5.91 Å². The van der Waals surface area contributed by atoms with Gasteiger partial charge in [0.1, 0.15) is 13.2 Å². The third-order valence-corrected chi connectivity index (χ3v) is 5.75. The van der Waals surface area contributed by atoms with Gasteiger partial charge in [0, 0.05) is 11.6 Å². The van der Waals surface area contributed by atoms with Gasteiger partial charge in [-0.1, -0.05) is 48.7 Å². The van der Waals surface area contributed by atoms with Crippen molar-refractivity contribution in [2.24, 2.45) is 0 Å². The first-order valence-corrected chi connectivity index (χ1v) is 9.49. The summed E-state index contributed by atoms with van der Waals surface area (Å²) in [6.07, 6.45) is 3.80. The molecule has 1 heterocycles. The first-order valence-electron chi connectivity index (χ1n) is 9.11. The molecule has 4 rings (SSSR count). The van der Waals surface area contributed by atoms with Crippen molar-refractivity contribution in [2.45, 2.75) is 37.6 Å². The second-order valence-corrected chi connectivity index (χ2v) is 7.33. The van der Waals surface area contributed by atoms with Gasteiger partial charge in [0.2, 0.25) is 5.91 Å². The molecule has 1 saturated carbocycles. The number of carbonyl (C=O) groups is 1. The van der Waals surface area contributed by atoms with Crippen LogP contribution in [0.25, 0.3) is 0 Å². The molecular weight excluding hydrogens is 350 g/mol. The van der Waals surface area contributed by atoms with Crippen molar-refractivity contribution < 1.29 is 14.3 Å². The highest BCUT2D eigenvalue weighted by Crippen LogP contribution is 2.44. The number of fused-ring (bicyclic) bond motifs is 1. The topological polar surface area (TPSA) is 47.6 Å². The van der Waals surface area contributed by atoms with E-state index in [1.165, 1.54) is 0 Å². The highest BCUT2D eigenvalue weighted by Gasteiger charge is 2.43. The van der Waals surface area contributed by atoms with Gasteiger partial charge in [-0.3, -0.25) is 4.79 Å². The Hall–Kier alpha value is -2.20. The summed E-state index contributed by atoms with van der Waals surface area (Å²) in [7, 11) is 0. The van der Waals surface area contributed by atoms with Crippen molar-refractivity contribution in [1.29, 1.82) is 0 Å². The molecule has 1 aliphatic heterocycles. The lowest BCUT2D eigenvalue weighted by Gasteiger charge is -2.30. The van der Waals surface area contributed by atoms with E-state index in [9.17, 15) is 4.79 Å². The summed E-state index contributed by atoms with van der Waals surface area (Å²) in [6.45, 7) is 1.54. The fourth-order valence-electron chi connectivity index (χ4n) is 3.95. The molecule has 1 aliphatic carbocycles. The molecule has 2 aromatic carbocycles. The van der Waals surface area contributed by atoms with Crippen molar-refractivity contribution in [1.82, 2.24) is 5.32 Å². The van der Waals surface area contributed by atoms with Crippen LogP contribution in [0.3, 0.4) is 0 Å². The zero-order valence-corrected chi connectivity index (χ0v) is 15.3. The number of amides is 1. The van der Waals surface area contributed by atoms with Gasteiger partial charge in [0.15, 0.2) is 11.5 Å². The first-order chi connectivity index (χ1) is 12.7. The number of benzene rings is 2. The Labute approximate surface area is 158 Å². The van der Waals surface area contributed by atoms with E-state index < -0.39 is 5.41 Å². The quantitative estimate of drug-likeness (QED) is 0.874. The predicted octanol–water partition coefficient (Wildman–Crippen LogP) is 4.24. The molecule has 0 saturated heterocycles. The first kappa shape index (κ1) is 17.2. The Morgan fingerprint density at radius 2 is 1.77 bits per heavy atom. The summed E-state index contributed by atoms with van der Waals surface area (Å²) in [5, 5.41) is 3.78. The SMILES string of the molecule is O=C(NCc1ccccc1Cl)C1(c2ccc3c(c2)OCCO3)CCCC1. The monoisotopic (exact) mass is 371 g/mol. The summed E-state index contributed by atoms with van der Waals surface area (Å²) in [4.78, 5) is 13.2.